The zero-order valence-corrected chi connectivity index (χ0v) is 14.2. The van der Waals surface area contributed by atoms with Crippen LogP contribution in [0.25, 0.3) is 5.69 Å². The van der Waals surface area contributed by atoms with Gasteiger partial charge in [-0.1, -0.05) is 25.1 Å². The van der Waals surface area contributed by atoms with Gasteiger partial charge in [0.15, 0.2) is 0 Å². The molecule has 2 aliphatic rings. The molecule has 25 heavy (non-hydrogen) atoms. The predicted molar refractivity (Wildman–Crippen MR) is 90.8 cm³/mol. The van der Waals surface area contributed by atoms with Gasteiger partial charge in [-0.2, -0.15) is 15.0 Å². The Morgan fingerprint density at radius 3 is 2.64 bits per heavy atom. The lowest BCUT2D eigenvalue weighted by Gasteiger charge is -2.33. The second-order valence-electron chi connectivity index (χ2n) is 7.05. The Hall–Kier alpha value is -2.70. The zero-order chi connectivity index (χ0) is 17.4. The standard InChI is InChI=1S/C18H21N5O2/c1-13-7-9-18(10-8-13)16(24)22(17(25)20-18)12-14-11-19-23(21-14)15-5-3-2-4-6-15/h2-6,11,13H,7-10,12H2,1H3,(H,20,25). The lowest BCUT2D eigenvalue weighted by Crippen LogP contribution is -2.49. The molecule has 4 rings (SSSR count). The fourth-order valence-corrected chi connectivity index (χ4v) is 3.63. The second kappa shape index (κ2) is 5.98. The Bertz CT molecular complexity index is 793. The van der Waals surface area contributed by atoms with Gasteiger partial charge in [0.2, 0.25) is 0 Å². The quantitative estimate of drug-likeness (QED) is 0.870. The molecule has 1 saturated heterocycles. The molecule has 2 heterocycles. The van der Waals surface area contributed by atoms with Gasteiger partial charge in [-0.05, 0) is 43.7 Å². The molecule has 0 atom stereocenters. The fraction of sp³-hybridized carbons (Fsp3) is 0.444. The highest BCUT2D eigenvalue weighted by Crippen LogP contribution is 2.36. The average molecular weight is 339 g/mol. The van der Waals surface area contributed by atoms with Crippen molar-refractivity contribution >= 4 is 11.9 Å². The van der Waals surface area contributed by atoms with Crippen molar-refractivity contribution < 1.29 is 9.59 Å². The molecule has 2 fully saturated rings. The topological polar surface area (TPSA) is 80.1 Å². The molecule has 0 unspecified atom stereocenters. The van der Waals surface area contributed by atoms with Crippen molar-refractivity contribution in [3.8, 4) is 5.69 Å². The van der Waals surface area contributed by atoms with Crippen LogP contribution in [0.4, 0.5) is 4.79 Å². The van der Waals surface area contributed by atoms with E-state index in [0.717, 1.165) is 18.5 Å². The molecular weight excluding hydrogens is 318 g/mol. The number of aromatic nitrogens is 3. The molecule has 1 aliphatic heterocycles. The highest BCUT2D eigenvalue weighted by atomic mass is 16.2. The van der Waals surface area contributed by atoms with Crippen molar-refractivity contribution in [2.45, 2.75) is 44.7 Å². The third kappa shape index (κ3) is 2.79. The minimum atomic E-state index is -0.709. The first-order valence-corrected chi connectivity index (χ1v) is 8.68. The number of hydrogen-bond donors (Lipinski definition) is 1. The van der Waals surface area contributed by atoms with Crippen LogP contribution in [-0.2, 0) is 11.3 Å². The molecule has 1 spiro atoms. The molecule has 1 aromatic heterocycles. The Morgan fingerprint density at radius 1 is 1.20 bits per heavy atom. The van der Waals surface area contributed by atoms with E-state index in [1.54, 1.807) is 6.20 Å². The van der Waals surface area contributed by atoms with Gasteiger partial charge in [-0.3, -0.25) is 9.69 Å². The number of para-hydroxylation sites is 1. The summed E-state index contributed by atoms with van der Waals surface area (Å²) in [6.07, 6.45) is 4.95. The van der Waals surface area contributed by atoms with Gasteiger partial charge in [0.25, 0.3) is 5.91 Å². The summed E-state index contributed by atoms with van der Waals surface area (Å²) < 4.78 is 0. The van der Waals surface area contributed by atoms with Crippen LogP contribution in [-0.4, -0.2) is 37.4 Å². The van der Waals surface area contributed by atoms with Crippen molar-refractivity contribution in [2.75, 3.05) is 0 Å². The van der Waals surface area contributed by atoms with E-state index in [9.17, 15) is 9.59 Å². The first kappa shape index (κ1) is 15.8. The van der Waals surface area contributed by atoms with E-state index < -0.39 is 5.54 Å². The van der Waals surface area contributed by atoms with Crippen LogP contribution in [0.2, 0.25) is 0 Å². The molecule has 1 N–H and O–H groups in total. The zero-order valence-electron chi connectivity index (χ0n) is 14.2. The number of carbonyl (C=O) groups excluding carboxylic acids is 2. The van der Waals surface area contributed by atoms with Crippen LogP contribution in [0.1, 0.15) is 38.3 Å². The van der Waals surface area contributed by atoms with Crippen molar-refractivity contribution in [2.24, 2.45) is 5.92 Å². The first-order chi connectivity index (χ1) is 12.1. The number of carbonyl (C=O) groups is 2. The molecule has 1 saturated carbocycles. The molecule has 2 aromatic rings. The highest BCUT2D eigenvalue weighted by molar-refractivity contribution is 6.07. The molecule has 1 aliphatic carbocycles. The van der Waals surface area contributed by atoms with Crippen molar-refractivity contribution in [1.82, 2.24) is 25.2 Å². The molecule has 1 aromatic carbocycles. The second-order valence-corrected chi connectivity index (χ2v) is 7.05. The summed E-state index contributed by atoms with van der Waals surface area (Å²) >= 11 is 0. The SMILES string of the molecule is CC1CCC2(CC1)NC(=O)N(Cc1cnn(-c3ccccc3)n1)C2=O. The Morgan fingerprint density at radius 2 is 1.92 bits per heavy atom. The number of urea groups is 1. The van der Waals surface area contributed by atoms with Crippen LogP contribution in [0, 0.1) is 5.92 Å². The number of hydrogen-bond acceptors (Lipinski definition) is 4. The molecule has 7 heteroatoms. The molecule has 130 valence electrons. The summed E-state index contributed by atoms with van der Waals surface area (Å²) in [6, 6.07) is 9.21. The van der Waals surface area contributed by atoms with E-state index in [1.165, 1.54) is 9.70 Å². The van der Waals surface area contributed by atoms with Gasteiger partial charge in [0.1, 0.15) is 11.2 Å². The van der Waals surface area contributed by atoms with Crippen molar-refractivity contribution in [1.29, 1.82) is 0 Å². The Balaban J connectivity index is 1.51. The summed E-state index contributed by atoms with van der Waals surface area (Å²) in [6.45, 7) is 2.34. The maximum absolute atomic E-state index is 12.9. The molecule has 7 nitrogen and oxygen atoms in total. The number of rotatable bonds is 3. The van der Waals surface area contributed by atoms with Crippen LogP contribution >= 0.6 is 0 Å². The van der Waals surface area contributed by atoms with Gasteiger partial charge in [-0.15, -0.1) is 0 Å². The predicted octanol–water partition coefficient (Wildman–Crippen LogP) is 2.27. The van der Waals surface area contributed by atoms with Gasteiger partial charge in [0.05, 0.1) is 18.4 Å². The van der Waals surface area contributed by atoms with Gasteiger partial charge in [0, 0.05) is 0 Å². The minimum absolute atomic E-state index is 0.126. The van der Waals surface area contributed by atoms with Crippen molar-refractivity contribution in [3.05, 3.63) is 42.2 Å². The van der Waals surface area contributed by atoms with E-state index in [1.807, 2.05) is 30.3 Å². The van der Waals surface area contributed by atoms with Crippen LogP contribution in [0.5, 0.6) is 0 Å². The van der Waals surface area contributed by atoms with Gasteiger partial charge in [-0.25, -0.2) is 4.79 Å². The number of imide groups is 1. The van der Waals surface area contributed by atoms with Crippen LogP contribution < -0.4 is 5.32 Å². The van der Waals surface area contributed by atoms with E-state index in [4.69, 9.17) is 0 Å². The molecule has 0 bridgehead atoms. The minimum Gasteiger partial charge on any atom is -0.323 e. The molecule has 3 amide bonds. The third-order valence-corrected chi connectivity index (χ3v) is 5.22. The van der Waals surface area contributed by atoms with Gasteiger partial charge >= 0.3 is 6.03 Å². The normalized spacial score (nSPS) is 26.3. The van der Waals surface area contributed by atoms with E-state index in [2.05, 4.69) is 22.4 Å². The van der Waals surface area contributed by atoms with Crippen LogP contribution in [0.15, 0.2) is 36.5 Å². The molecule has 0 radical (unpaired) electrons. The summed E-state index contributed by atoms with van der Waals surface area (Å²) in [5, 5.41) is 11.5. The highest BCUT2D eigenvalue weighted by Gasteiger charge is 2.52. The number of benzene rings is 1. The van der Waals surface area contributed by atoms with Gasteiger partial charge < -0.3 is 5.32 Å². The van der Waals surface area contributed by atoms with E-state index >= 15 is 0 Å². The summed E-state index contributed by atoms with van der Waals surface area (Å²) in [4.78, 5) is 28.0. The van der Waals surface area contributed by atoms with Crippen molar-refractivity contribution in [3.63, 3.8) is 0 Å². The monoisotopic (exact) mass is 339 g/mol. The maximum atomic E-state index is 12.9. The Labute approximate surface area is 146 Å². The average Bonchev–Trinajstić information content (AvgIpc) is 3.18. The number of nitrogens with zero attached hydrogens (tertiary/aromatic N) is 4. The summed E-state index contributed by atoms with van der Waals surface area (Å²) in [5.41, 5.74) is 0.719. The lowest BCUT2D eigenvalue weighted by molar-refractivity contribution is -0.133. The van der Waals surface area contributed by atoms with E-state index in [-0.39, 0.29) is 18.5 Å². The Kier molecular flexibility index (Phi) is 3.78. The third-order valence-electron chi connectivity index (χ3n) is 5.22. The largest absolute Gasteiger partial charge is 0.325 e. The number of nitrogens with one attached hydrogen (secondary N) is 1. The van der Waals surface area contributed by atoms with E-state index in [0.29, 0.717) is 24.5 Å². The van der Waals surface area contributed by atoms with Crippen LogP contribution in [0.3, 0.4) is 0 Å². The summed E-state index contributed by atoms with van der Waals surface area (Å²) in [5.74, 6) is 0.480. The maximum Gasteiger partial charge on any atom is 0.325 e. The number of amides is 3. The lowest BCUT2D eigenvalue weighted by atomic mass is 9.77. The summed E-state index contributed by atoms with van der Waals surface area (Å²) in [7, 11) is 0. The smallest absolute Gasteiger partial charge is 0.323 e. The fourth-order valence-electron chi connectivity index (χ4n) is 3.63. The first-order valence-electron chi connectivity index (χ1n) is 8.68. The molecular formula is C18H21N5O2.